The number of esters is 1. The smallest absolute Gasteiger partial charge is 0.336 e. The summed E-state index contributed by atoms with van der Waals surface area (Å²) in [5.41, 5.74) is 1.17. The van der Waals surface area contributed by atoms with Gasteiger partial charge in [-0.15, -0.1) is 0 Å². The van der Waals surface area contributed by atoms with Gasteiger partial charge in [0.15, 0.2) is 0 Å². The highest BCUT2D eigenvalue weighted by atomic mass is 19.1. The topological polar surface area (TPSA) is 75.7 Å². The molecule has 1 heterocycles. The number of hydrogen-bond donors (Lipinski definition) is 1. The Morgan fingerprint density at radius 3 is 2.68 bits per heavy atom. The second kappa shape index (κ2) is 9.48. The van der Waals surface area contributed by atoms with Crippen LogP contribution in [-0.2, 0) is 19.1 Å². The van der Waals surface area contributed by atoms with E-state index in [9.17, 15) is 18.8 Å². The molecule has 0 saturated carbocycles. The molecule has 0 bridgehead atoms. The van der Waals surface area contributed by atoms with E-state index in [2.05, 4.69) is 5.32 Å². The molecule has 0 fully saturated rings. The Morgan fingerprint density at radius 1 is 1.36 bits per heavy atom. The fourth-order valence-electron chi connectivity index (χ4n) is 3.25. The monoisotopic (exact) mass is 390 g/mol. The summed E-state index contributed by atoms with van der Waals surface area (Å²) in [4.78, 5) is 39.0. The Hall–Kier alpha value is -2.70. The normalized spacial score (nSPS) is 18.1. The quantitative estimate of drug-likeness (QED) is 0.727. The zero-order valence-corrected chi connectivity index (χ0v) is 16.8. The van der Waals surface area contributed by atoms with Gasteiger partial charge in [0.2, 0.25) is 11.8 Å². The molecular weight excluding hydrogens is 363 g/mol. The molecule has 0 aliphatic carbocycles. The van der Waals surface area contributed by atoms with Crippen LogP contribution in [0.25, 0.3) is 0 Å². The lowest BCUT2D eigenvalue weighted by Crippen LogP contribution is -2.45. The van der Waals surface area contributed by atoms with Crippen LogP contribution in [0.5, 0.6) is 0 Å². The number of hydrogen-bond acceptors (Lipinski definition) is 4. The van der Waals surface area contributed by atoms with E-state index in [1.807, 2.05) is 13.8 Å². The number of nitrogens with one attached hydrogen (secondary N) is 1. The predicted octanol–water partition coefficient (Wildman–Crippen LogP) is 2.89. The maximum atomic E-state index is 13.7. The Balaban J connectivity index is 2.40. The first-order chi connectivity index (χ1) is 13.3. The number of ether oxygens (including phenoxy) is 1. The van der Waals surface area contributed by atoms with Crippen molar-refractivity contribution < 1.29 is 23.5 Å². The van der Waals surface area contributed by atoms with Gasteiger partial charge in [-0.2, -0.15) is 0 Å². The highest BCUT2D eigenvalue weighted by Crippen LogP contribution is 2.37. The molecule has 2 atom stereocenters. The third kappa shape index (κ3) is 4.97. The summed E-state index contributed by atoms with van der Waals surface area (Å²) < 4.78 is 18.9. The van der Waals surface area contributed by atoms with Gasteiger partial charge in [-0.3, -0.25) is 9.59 Å². The van der Waals surface area contributed by atoms with Gasteiger partial charge in [0.05, 0.1) is 12.2 Å². The van der Waals surface area contributed by atoms with Crippen molar-refractivity contribution in [3.8, 4) is 0 Å². The minimum absolute atomic E-state index is 0.0127. The van der Waals surface area contributed by atoms with Gasteiger partial charge in [-0.05, 0) is 44.9 Å². The molecule has 6 nitrogen and oxygen atoms in total. The molecule has 0 saturated heterocycles. The predicted molar refractivity (Wildman–Crippen MR) is 103 cm³/mol. The van der Waals surface area contributed by atoms with Crippen LogP contribution in [0, 0.1) is 5.82 Å². The second-order valence-electron chi connectivity index (χ2n) is 6.89. The molecule has 2 rings (SSSR count). The van der Waals surface area contributed by atoms with Crippen molar-refractivity contribution in [2.75, 3.05) is 13.2 Å². The number of halogens is 1. The van der Waals surface area contributed by atoms with Gasteiger partial charge in [0, 0.05) is 24.1 Å². The maximum absolute atomic E-state index is 13.7. The summed E-state index contributed by atoms with van der Waals surface area (Å²) >= 11 is 0. The fraction of sp³-hybridized carbons (Fsp3) is 0.476. The lowest BCUT2D eigenvalue weighted by molar-refractivity contribution is -0.141. The largest absolute Gasteiger partial charge is 0.463 e. The molecule has 0 spiro atoms. The van der Waals surface area contributed by atoms with E-state index >= 15 is 0 Å². The van der Waals surface area contributed by atoms with E-state index in [1.165, 1.54) is 17.0 Å². The Morgan fingerprint density at radius 2 is 2.07 bits per heavy atom. The highest BCUT2D eigenvalue weighted by molar-refractivity contribution is 5.97. The van der Waals surface area contributed by atoms with Gasteiger partial charge >= 0.3 is 5.97 Å². The number of rotatable bonds is 7. The SMILES string of the molecule is CCOC(=O)C1=C(C)N(CC(=O)N[C@H](C)CC)C(=O)C[C@H]1c1cccc(F)c1. The van der Waals surface area contributed by atoms with Gasteiger partial charge in [0.25, 0.3) is 0 Å². The Labute approximate surface area is 164 Å². The first-order valence-corrected chi connectivity index (χ1v) is 9.51. The van der Waals surface area contributed by atoms with Crippen LogP contribution >= 0.6 is 0 Å². The zero-order valence-electron chi connectivity index (χ0n) is 16.8. The van der Waals surface area contributed by atoms with Crippen molar-refractivity contribution in [3.63, 3.8) is 0 Å². The molecule has 0 unspecified atom stereocenters. The first-order valence-electron chi connectivity index (χ1n) is 9.51. The van der Waals surface area contributed by atoms with E-state index in [1.54, 1.807) is 26.0 Å². The summed E-state index contributed by atoms with van der Waals surface area (Å²) in [5.74, 6) is -2.21. The number of benzene rings is 1. The van der Waals surface area contributed by atoms with Crippen LogP contribution < -0.4 is 5.32 Å². The Kier molecular flexibility index (Phi) is 7.31. The lowest BCUT2D eigenvalue weighted by atomic mass is 9.83. The third-order valence-corrected chi connectivity index (χ3v) is 4.89. The van der Waals surface area contributed by atoms with Crippen LogP contribution in [0.1, 0.15) is 52.0 Å². The van der Waals surface area contributed by atoms with Crippen molar-refractivity contribution in [1.29, 1.82) is 0 Å². The van der Waals surface area contributed by atoms with E-state index in [0.717, 1.165) is 6.42 Å². The summed E-state index contributed by atoms with van der Waals surface area (Å²) in [5, 5.41) is 2.82. The standard InChI is InChI=1S/C21H27FN2O4/c1-5-13(3)23-18(25)12-24-14(4)20(21(27)28-6-2)17(11-19(24)26)15-8-7-9-16(22)10-15/h7-10,13,17H,5-6,11-12H2,1-4H3,(H,23,25)/t13-,17+/m1/s1. The number of amides is 2. The van der Waals surface area contributed by atoms with Crippen molar-refractivity contribution >= 4 is 17.8 Å². The van der Waals surface area contributed by atoms with E-state index < -0.39 is 17.7 Å². The Bertz CT molecular complexity index is 790. The summed E-state index contributed by atoms with van der Waals surface area (Å²) in [6, 6.07) is 5.83. The number of carbonyl (C=O) groups excluding carboxylic acids is 3. The van der Waals surface area contributed by atoms with Gasteiger partial charge in [-0.25, -0.2) is 9.18 Å². The molecule has 1 aliphatic heterocycles. The highest BCUT2D eigenvalue weighted by Gasteiger charge is 2.37. The van der Waals surface area contributed by atoms with Crippen LogP contribution in [0.15, 0.2) is 35.5 Å². The molecule has 2 amide bonds. The van der Waals surface area contributed by atoms with Crippen LogP contribution in [0.2, 0.25) is 0 Å². The molecule has 1 aliphatic rings. The van der Waals surface area contributed by atoms with E-state index in [-0.39, 0.29) is 43.0 Å². The van der Waals surface area contributed by atoms with Crippen LogP contribution in [-0.4, -0.2) is 41.9 Å². The zero-order chi connectivity index (χ0) is 20.8. The first kappa shape index (κ1) is 21.6. The number of carbonyl (C=O) groups is 3. The van der Waals surface area contributed by atoms with E-state index in [4.69, 9.17) is 4.74 Å². The molecule has 1 aromatic rings. The van der Waals surface area contributed by atoms with Crippen molar-refractivity contribution in [2.45, 2.75) is 52.5 Å². The molecule has 7 heteroatoms. The molecule has 0 radical (unpaired) electrons. The van der Waals surface area contributed by atoms with Crippen LogP contribution in [0.3, 0.4) is 0 Å². The molecule has 28 heavy (non-hydrogen) atoms. The van der Waals surface area contributed by atoms with Crippen LogP contribution in [0.4, 0.5) is 4.39 Å². The molecule has 0 aromatic heterocycles. The van der Waals surface area contributed by atoms with Gasteiger partial charge in [-0.1, -0.05) is 19.1 Å². The van der Waals surface area contributed by atoms with Crippen molar-refractivity contribution in [3.05, 3.63) is 46.9 Å². The number of nitrogens with zero attached hydrogens (tertiary/aromatic N) is 1. The average molecular weight is 390 g/mol. The molecule has 152 valence electrons. The van der Waals surface area contributed by atoms with Crippen molar-refractivity contribution in [1.82, 2.24) is 10.2 Å². The third-order valence-electron chi connectivity index (χ3n) is 4.89. The van der Waals surface area contributed by atoms with Gasteiger partial charge < -0.3 is 15.0 Å². The maximum Gasteiger partial charge on any atom is 0.336 e. The fourth-order valence-corrected chi connectivity index (χ4v) is 3.25. The molecule has 1 aromatic carbocycles. The molecular formula is C21H27FN2O4. The second-order valence-corrected chi connectivity index (χ2v) is 6.89. The average Bonchev–Trinajstić information content (AvgIpc) is 2.64. The lowest BCUT2D eigenvalue weighted by Gasteiger charge is -2.34. The van der Waals surface area contributed by atoms with E-state index in [0.29, 0.717) is 11.3 Å². The van der Waals surface area contributed by atoms with Crippen molar-refractivity contribution in [2.24, 2.45) is 0 Å². The summed E-state index contributed by atoms with van der Waals surface area (Å²) in [7, 11) is 0. The van der Waals surface area contributed by atoms with Gasteiger partial charge in [0.1, 0.15) is 12.4 Å². The minimum atomic E-state index is -0.615. The summed E-state index contributed by atoms with van der Waals surface area (Å²) in [6.07, 6.45) is 0.732. The minimum Gasteiger partial charge on any atom is -0.463 e. The number of allylic oxidation sites excluding steroid dienone is 1. The summed E-state index contributed by atoms with van der Waals surface area (Å²) in [6.45, 7) is 7.14. The molecule has 1 N–H and O–H groups in total.